The summed E-state index contributed by atoms with van der Waals surface area (Å²) in [6.07, 6.45) is -0.655. The Morgan fingerprint density at radius 2 is 1.73 bits per heavy atom. The summed E-state index contributed by atoms with van der Waals surface area (Å²) in [7, 11) is 0. The zero-order valence-electron chi connectivity index (χ0n) is 16.4. The molecule has 0 unspecified atom stereocenters. The van der Waals surface area contributed by atoms with Crippen molar-refractivity contribution in [2.45, 2.75) is 6.10 Å². The van der Waals surface area contributed by atoms with E-state index in [4.69, 9.17) is 14.7 Å². The number of carbonyl (C=O) groups excluding carboxylic acids is 2. The summed E-state index contributed by atoms with van der Waals surface area (Å²) in [6.45, 7) is 2.60. The third kappa shape index (κ3) is 4.36. The summed E-state index contributed by atoms with van der Waals surface area (Å²) >= 11 is 0. The second kappa shape index (κ2) is 8.84. The van der Waals surface area contributed by atoms with E-state index >= 15 is 0 Å². The van der Waals surface area contributed by atoms with Gasteiger partial charge in [-0.15, -0.1) is 0 Å². The molecule has 0 spiro atoms. The maximum Gasteiger partial charge on any atom is 0.267 e. The summed E-state index contributed by atoms with van der Waals surface area (Å²) in [5, 5.41) is 11.9. The Morgan fingerprint density at radius 3 is 2.50 bits per heavy atom. The number of nitrogens with zero attached hydrogens (tertiary/aromatic N) is 3. The van der Waals surface area contributed by atoms with Crippen molar-refractivity contribution in [3.8, 4) is 17.6 Å². The molecular formula is C22H22N4O4. The summed E-state index contributed by atoms with van der Waals surface area (Å²) < 4.78 is 11.4. The van der Waals surface area contributed by atoms with Crippen LogP contribution in [0, 0.1) is 11.3 Å². The second-order valence-corrected chi connectivity index (χ2v) is 7.17. The molecule has 8 heteroatoms. The van der Waals surface area contributed by atoms with Gasteiger partial charge in [0.1, 0.15) is 12.7 Å². The van der Waals surface area contributed by atoms with Crippen LogP contribution < -0.4 is 14.8 Å². The predicted molar refractivity (Wildman–Crippen MR) is 109 cm³/mol. The van der Waals surface area contributed by atoms with Crippen molar-refractivity contribution >= 4 is 17.5 Å². The number of amides is 2. The standard InChI is InChI=1S/C22H22N4O4/c23-13-16-5-1-2-6-17(16)24-21(27)14-25-9-11-26(12-10-25)22(28)20-15-29-18-7-3-4-8-19(18)30-20/h1-8,20H,9-12,14-15H2,(H,24,27)/t20-/m1/s1. The first-order chi connectivity index (χ1) is 14.6. The molecule has 1 atom stereocenters. The number of hydrogen-bond acceptors (Lipinski definition) is 6. The van der Waals surface area contributed by atoms with Gasteiger partial charge in [0.25, 0.3) is 5.91 Å². The molecule has 2 aromatic rings. The number of nitriles is 1. The largest absolute Gasteiger partial charge is 0.485 e. The van der Waals surface area contributed by atoms with E-state index in [9.17, 15) is 9.59 Å². The molecule has 154 valence electrons. The lowest BCUT2D eigenvalue weighted by atomic mass is 10.2. The third-order valence-corrected chi connectivity index (χ3v) is 5.16. The van der Waals surface area contributed by atoms with Crippen LogP contribution in [0.1, 0.15) is 5.56 Å². The van der Waals surface area contributed by atoms with Crippen LogP contribution in [0.5, 0.6) is 11.5 Å². The zero-order valence-corrected chi connectivity index (χ0v) is 16.4. The minimum Gasteiger partial charge on any atom is -0.485 e. The maximum atomic E-state index is 12.8. The van der Waals surface area contributed by atoms with Gasteiger partial charge < -0.3 is 19.7 Å². The fraction of sp³-hybridized carbons (Fsp3) is 0.318. The fourth-order valence-corrected chi connectivity index (χ4v) is 3.55. The van der Waals surface area contributed by atoms with Crippen LogP contribution in [0.3, 0.4) is 0 Å². The number of anilines is 1. The van der Waals surface area contributed by atoms with E-state index in [-0.39, 0.29) is 25.0 Å². The SMILES string of the molecule is N#Cc1ccccc1NC(=O)CN1CCN(C(=O)[C@H]2COc3ccccc3O2)CC1. The molecule has 0 aromatic heterocycles. The van der Waals surface area contributed by atoms with Crippen molar-refractivity contribution in [3.63, 3.8) is 0 Å². The quantitative estimate of drug-likeness (QED) is 0.827. The molecule has 0 saturated carbocycles. The minimum absolute atomic E-state index is 0.100. The van der Waals surface area contributed by atoms with Crippen molar-refractivity contribution < 1.29 is 19.1 Å². The van der Waals surface area contributed by atoms with Crippen LogP contribution in [0.15, 0.2) is 48.5 Å². The molecule has 1 saturated heterocycles. The van der Waals surface area contributed by atoms with Gasteiger partial charge in [0.2, 0.25) is 12.0 Å². The van der Waals surface area contributed by atoms with E-state index in [1.807, 2.05) is 23.1 Å². The third-order valence-electron chi connectivity index (χ3n) is 5.16. The highest BCUT2D eigenvalue weighted by atomic mass is 16.6. The van der Waals surface area contributed by atoms with Crippen LogP contribution in [0.4, 0.5) is 5.69 Å². The predicted octanol–water partition coefficient (Wildman–Crippen LogP) is 1.48. The molecule has 1 fully saturated rings. The molecule has 1 N–H and O–H groups in total. The Labute approximate surface area is 174 Å². The number of para-hydroxylation sites is 3. The topological polar surface area (TPSA) is 94.9 Å². The van der Waals surface area contributed by atoms with Gasteiger partial charge in [0.15, 0.2) is 11.5 Å². The summed E-state index contributed by atoms with van der Waals surface area (Å²) in [6, 6.07) is 16.3. The molecule has 8 nitrogen and oxygen atoms in total. The molecule has 0 radical (unpaired) electrons. The van der Waals surface area contributed by atoms with E-state index in [2.05, 4.69) is 11.4 Å². The Kier molecular flexibility index (Phi) is 5.82. The first-order valence-corrected chi connectivity index (χ1v) is 9.82. The summed E-state index contributed by atoms with van der Waals surface area (Å²) in [4.78, 5) is 28.9. The van der Waals surface area contributed by atoms with Crippen LogP contribution >= 0.6 is 0 Å². The van der Waals surface area contributed by atoms with E-state index < -0.39 is 6.10 Å². The molecule has 2 amide bonds. The van der Waals surface area contributed by atoms with Crippen LogP contribution in [-0.2, 0) is 9.59 Å². The van der Waals surface area contributed by atoms with Gasteiger partial charge in [-0.25, -0.2) is 0 Å². The Balaban J connectivity index is 1.26. The number of piperazine rings is 1. The Hall–Kier alpha value is -3.57. The van der Waals surface area contributed by atoms with E-state index in [0.29, 0.717) is 48.9 Å². The fourth-order valence-electron chi connectivity index (χ4n) is 3.55. The number of ether oxygens (including phenoxy) is 2. The van der Waals surface area contributed by atoms with E-state index in [0.717, 1.165) is 0 Å². The van der Waals surface area contributed by atoms with Gasteiger partial charge in [-0.2, -0.15) is 5.26 Å². The highest BCUT2D eigenvalue weighted by Crippen LogP contribution is 2.31. The van der Waals surface area contributed by atoms with Gasteiger partial charge in [0.05, 0.1) is 17.8 Å². The lowest BCUT2D eigenvalue weighted by molar-refractivity contribution is -0.143. The number of nitrogens with one attached hydrogen (secondary N) is 1. The minimum atomic E-state index is -0.655. The zero-order chi connectivity index (χ0) is 20.9. The number of fused-ring (bicyclic) bond motifs is 1. The van der Waals surface area contributed by atoms with Gasteiger partial charge in [-0.1, -0.05) is 24.3 Å². The molecule has 2 heterocycles. The molecule has 0 aliphatic carbocycles. The molecule has 30 heavy (non-hydrogen) atoms. The van der Waals surface area contributed by atoms with Gasteiger partial charge in [-0.3, -0.25) is 14.5 Å². The van der Waals surface area contributed by atoms with Crippen molar-refractivity contribution in [1.82, 2.24) is 9.80 Å². The average Bonchev–Trinajstić information content (AvgIpc) is 2.79. The van der Waals surface area contributed by atoms with E-state index in [1.54, 1.807) is 35.2 Å². The normalized spacial score (nSPS) is 18.4. The number of carbonyl (C=O) groups is 2. The van der Waals surface area contributed by atoms with Crippen molar-refractivity contribution in [2.75, 3.05) is 44.6 Å². The smallest absolute Gasteiger partial charge is 0.267 e. The molecule has 2 aliphatic rings. The van der Waals surface area contributed by atoms with Gasteiger partial charge >= 0.3 is 0 Å². The highest BCUT2D eigenvalue weighted by Gasteiger charge is 2.32. The van der Waals surface area contributed by atoms with Crippen LogP contribution in [0.25, 0.3) is 0 Å². The first-order valence-electron chi connectivity index (χ1n) is 9.82. The first kappa shape index (κ1) is 19.7. The van der Waals surface area contributed by atoms with Crippen molar-refractivity contribution in [1.29, 1.82) is 5.26 Å². The highest BCUT2D eigenvalue weighted by molar-refractivity contribution is 5.93. The second-order valence-electron chi connectivity index (χ2n) is 7.17. The maximum absolute atomic E-state index is 12.8. The molecule has 2 aliphatic heterocycles. The molecule has 0 bridgehead atoms. The molecular weight excluding hydrogens is 384 g/mol. The van der Waals surface area contributed by atoms with Crippen molar-refractivity contribution in [2.24, 2.45) is 0 Å². The lowest BCUT2D eigenvalue weighted by Gasteiger charge is -2.36. The Bertz CT molecular complexity index is 979. The summed E-state index contributed by atoms with van der Waals surface area (Å²) in [5.41, 5.74) is 0.936. The molecule has 2 aromatic carbocycles. The average molecular weight is 406 g/mol. The van der Waals surface area contributed by atoms with Gasteiger partial charge in [-0.05, 0) is 24.3 Å². The lowest BCUT2D eigenvalue weighted by Crippen LogP contribution is -2.54. The Morgan fingerprint density at radius 1 is 1.03 bits per heavy atom. The number of benzene rings is 2. The van der Waals surface area contributed by atoms with Crippen LogP contribution in [-0.4, -0.2) is 67.0 Å². The van der Waals surface area contributed by atoms with Crippen LogP contribution in [0.2, 0.25) is 0 Å². The van der Waals surface area contributed by atoms with Crippen molar-refractivity contribution in [3.05, 3.63) is 54.1 Å². The van der Waals surface area contributed by atoms with E-state index in [1.165, 1.54) is 0 Å². The summed E-state index contributed by atoms with van der Waals surface area (Å²) in [5.74, 6) is 0.945. The number of rotatable bonds is 4. The monoisotopic (exact) mass is 406 g/mol. The molecule has 4 rings (SSSR count). The number of hydrogen-bond donors (Lipinski definition) is 1. The van der Waals surface area contributed by atoms with Gasteiger partial charge in [0, 0.05) is 26.2 Å².